The summed E-state index contributed by atoms with van der Waals surface area (Å²) >= 11 is 0. The summed E-state index contributed by atoms with van der Waals surface area (Å²) in [4.78, 5) is 13.5. The molecule has 0 fully saturated rings. The lowest BCUT2D eigenvalue weighted by Gasteiger charge is -2.27. The quantitative estimate of drug-likeness (QED) is 0.713. The zero-order valence-electron chi connectivity index (χ0n) is 10.6. The first-order valence-electron chi connectivity index (χ1n) is 5.55. The van der Waals surface area contributed by atoms with Crippen molar-refractivity contribution >= 4 is 6.03 Å². The van der Waals surface area contributed by atoms with Crippen LogP contribution in [0.25, 0.3) is 0 Å². The first-order valence-corrected chi connectivity index (χ1v) is 5.55. The Kier molecular flexibility index (Phi) is 6.32. The van der Waals surface area contributed by atoms with Gasteiger partial charge < -0.3 is 15.0 Å². The van der Waals surface area contributed by atoms with Crippen LogP contribution in [0.2, 0.25) is 0 Å². The van der Waals surface area contributed by atoms with Gasteiger partial charge in [0.25, 0.3) is 0 Å². The minimum absolute atomic E-state index is 0.0234. The van der Waals surface area contributed by atoms with E-state index in [2.05, 4.69) is 5.32 Å². The SMILES string of the molecule is CCOCCN(CC)C(=O)NC(C)(C)C. The molecule has 0 unspecified atom stereocenters. The van der Waals surface area contributed by atoms with E-state index >= 15 is 0 Å². The molecule has 90 valence electrons. The molecule has 0 aliphatic heterocycles. The number of carbonyl (C=O) groups excluding carboxylic acids is 1. The molecule has 4 heteroatoms. The molecule has 0 heterocycles. The van der Waals surface area contributed by atoms with Crippen LogP contribution in [0.15, 0.2) is 0 Å². The number of urea groups is 1. The van der Waals surface area contributed by atoms with E-state index in [1.54, 1.807) is 4.90 Å². The van der Waals surface area contributed by atoms with E-state index in [1.165, 1.54) is 0 Å². The van der Waals surface area contributed by atoms with Crippen LogP contribution < -0.4 is 5.32 Å². The molecule has 0 aliphatic rings. The van der Waals surface area contributed by atoms with Crippen molar-refractivity contribution in [2.75, 3.05) is 26.3 Å². The fraction of sp³-hybridized carbons (Fsp3) is 0.909. The van der Waals surface area contributed by atoms with Gasteiger partial charge in [-0.05, 0) is 34.6 Å². The van der Waals surface area contributed by atoms with E-state index in [1.807, 2.05) is 34.6 Å². The van der Waals surface area contributed by atoms with E-state index in [-0.39, 0.29) is 11.6 Å². The van der Waals surface area contributed by atoms with Gasteiger partial charge in [0, 0.05) is 25.2 Å². The molecule has 15 heavy (non-hydrogen) atoms. The summed E-state index contributed by atoms with van der Waals surface area (Å²) in [7, 11) is 0. The topological polar surface area (TPSA) is 41.6 Å². The smallest absolute Gasteiger partial charge is 0.317 e. The normalized spacial score (nSPS) is 11.3. The lowest BCUT2D eigenvalue weighted by molar-refractivity contribution is 0.118. The molecule has 0 aliphatic carbocycles. The van der Waals surface area contributed by atoms with Crippen molar-refractivity contribution < 1.29 is 9.53 Å². The van der Waals surface area contributed by atoms with Gasteiger partial charge in [0.2, 0.25) is 0 Å². The van der Waals surface area contributed by atoms with Crippen LogP contribution in [0.1, 0.15) is 34.6 Å². The number of likely N-dealkylation sites (N-methyl/N-ethyl adjacent to an activating group) is 1. The average molecular weight is 216 g/mol. The van der Waals surface area contributed by atoms with Crippen LogP contribution >= 0.6 is 0 Å². The Morgan fingerprint density at radius 2 is 1.93 bits per heavy atom. The van der Waals surface area contributed by atoms with E-state index in [9.17, 15) is 4.79 Å². The first-order chi connectivity index (χ1) is 6.90. The van der Waals surface area contributed by atoms with Gasteiger partial charge in [-0.3, -0.25) is 0 Å². The van der Waals surface area contributed by atoms with Gasteiger partial charge in [-0.25, -0.2) is 4.79 Å². The number of nitrogens with zero attached hydrogens (tertiary/aromatic N) is 1. The van der Waals surface area contributed by atoms with Crippen LogP contribution in [0.3, 0.4) is 0 Å². The molecule has 1 N–H and O–H groups in total. The van der Waals surface area contributed by atoms with Crippen molar-refractivity contribution in [3.8, 4) is 0 Å². The van der Waals surface area contributed by atoms with Gasteiger partial charge in [0.1, 0.15) is 0 Å². The predicted octanol–water partition coefficient (Wildman–Crippen LogP) is 1.85. The predicted molar refractivity (Wildman–Crippen MR) is 62.0 cm³/mol. The molecule has 0 aromatic carbocycles. The Labute approximate surface area is 93.0 Å². The Morgan fingerprint density at radius 1 is 1.33 bits per heavy atom. The number of rotatable bonds is 5. The molecule has 0 aromatic rings. The molecule has 0 saturated heterocycles. The van der Waals surface area contributed by atoms with E-state index < -0.39 is 0 Å². The Hall–Kier alpha value is -0.770. The monoisotopic (exact) mass is 216 g/mol. The molecule has 0 aromatic heterocycles. The number of ether oxygens (including phenoxy) is 1. The number of nitrogens with one attached hydrogen (secondary N) is 1. The number of hydrogen-bond acceptors (Lipinski definition) is 2. The lowest BCUT2D eigenvalue weighted by atomic mass is 10.1. The van der Waals surface area contributed by atoms with Crippen molar-refractivity contribution in [2.45, 2.75) is 40.2 Å². The third-order valence-electron chi connectivity index (χ3n) is 1.86. The second-order valence-corrected chi connectivity index (χ2v) is 4.46. The van der Waals surface area contributed by atoms with Crippen LogP contribution in [-0.2, 0) is 4.74 Å². The highest BCUT2D eigenvalue weighted by Crippen LogP contribution is 2.01. The second-order valence-electron chi connectivity index (χ2n) is 4.46. The molecule has 4 nitrogen and oxygen atoms in total. The largest absolute Gasteiger partial charge is 0.380 e. The summed E-state index contributed by atoms with van der Waals surface area (Å²) in [6, 6.07) is -0.0234. The fourth-order valence-corrected chi connectivity index (χ4v) is 1.12. The number of hydrogen-bond donors (Lipinski definition) is 1. The summed E-state index contributed by atoms with van der Waals surface area (Å²) in [5.41, 5.74) is -0.184. The van der Waals surface area contributed by atoms with Crippen molar-refractivity contribution in [3.63, 3.8) is 0 Å². The maximum Gasteiger partial charge on any atom is 0.317 e. The zero-order valence-corrected chi connectivity index (χ0v) is 10.6. The van der Waals surface area contributed by atoms with Gasteiger partial charge in [0.15, 0.2) is 0 Å². The maximum atomic E-state index is 11.7. The van der Waals surface area contributed by atoms with E-state index in [0.29, 0.717) is 26.3 Å². The van der Waals surface area contributed by atoms with Crippen LogP contribution in [-0.4, -0.2) is 42.8 Å². The minimum atomic E-state index is -0.184. The van der Waals surface area contributed by atoms with E-state index in [4.69, 9.17) is 4.74 Å². The van der Waals surface area contributed by atoms with E-state index in [0.717, 1.165) is 0 Å². The zero-order chi connectivity index (χ0) is 11.9. The van der Waals surface area contributed by atoms with Gasteiger partial charge in [-0.15, -0.1) is 0 Å². The van der Waals surface area contributed by atoms with Crippen molar-refractivity contribution in [1.29, 1.82) is 0 Å². The highest BCUT2D eigenvalue weighted by Gasteiger charge is 2.17. The summed E-state index contributed by atoms with van der Waals surface area (Å²) in [6.45, 7) is 12.5. The van der Waals surface area contributed by atoms with Crippen LogP contribution in [0.5, 0.6) is 0 Å². The molecule has 0 bridgehead atoms. The average Bonchev–Trinajstić information content (AvgIpc) is 2.09. The van der Waals surface area contributed by atoms with Gasteiger partial charge >= 0.3 is 6.03 Å². The van der Waals surface area contributed by atoms with Gasteiger partial charge in [-0.1, -0.05) is 0 Å². The molecule has 0 saturated carbocycles. The molecular weight excluding hydrogens is 192 g/mol. The molecule has 2 amide bonds. The third-order valence-corrected chi connectivity index (χ3v) is 1.86. The minimum Gasteiger partial charge on any atom is -0.380 e. The first kappa shape index (κ1) is 14.2. The highest BCUT2D eigenvalue weighted by atomic mass is 16.5. The molecule has 0 radical (unpaired) electrons. The van der Waals surface area contributed by atoms with Gasteiger partial charge in [0.05, 0.1) is 6.61 Å². The summed E-state index contributed by atoms with van der Waals surface area (Å²) in [6.07, 6.45) is 0. The van der Waals surface area contributed by atoms with Crippen molar-refractivity contribution in [1.82, 2.24) is 10.2 Å². The molecule has 0 spiro atoms. The summed E-state index contributed by atoms with van der Waals surface area (Å²) in [5.74, 6) is 0. The van der Waals surface area contributed by atoms with Gasteiger partial charge in [-0.2, -0.15) is 0 Å². The summed E-state index contributed by atoms with van der Waals surface area (Å²) in [5, 5.41) is 2.93. The molecule has 0 atom stereocenters. The molecular formula is C11H24N2O2. The van der Waals surface area contributed by atoms with Crippen molar-refractivity contribution in [3.05, 3.63) is 0 Å². The number of amides is 2. The highest BCUT2D eigenvalue weighted by molar-refractivity contribution is 5.74. The molecule has 0 rings (SSSR count). The summed E-state index contributed by atoms with van der Waals surface area (Å²) < 4.78 is 5.22. The van der Waals surface area contributed by atoms with Crippen LogP contribution in [0.4, 0.5) is 4.79 Å². The van der Waals surface area contributed by atoms with Crippen LogP contribution in [0, 0.1) is 0 Å². The standard InChI is InChI=1S/C11H24N2O2/c1-6-13(8-9-15-7-2)10(14)12-11(3,4)5/h6-9H2,1-5H3,(H,12,14). The lowest BCUT2D eigenvalue weighted by Crippen LogP contribution is -2.49. The Bertz CT molecular complexity index is 188. The number of carbonyl (C=O) groups is 1. The van der Waals surface area contributed by atoms with Crippen molar-refractivity contribution in [2.24, 2.45) is 0 Å². The second kappa shape index (κ2) is 6.67. The Balaban J connectivity index is 3.99. The Morgan fingerprint density at radius 3 is 2.33 bits per heavy atom. The maximum absolute atomic E-state index is 11.7. The third kappa shape index (κ3) is 7.19. The fourth-order valence-electron chi connectivity index (χ4n) is 1.12.